The molecular formula is C28H33ClF6N2O2. The van der Waals surface area contributed by atoms with Gasteiger partial charge in [-0.1, -0.05) is 30.3 Å². The summed E-state index contributed by atoms with van der Waals surface area (Å²) >= 11 is 0. The van der Waals surface area contributed by atoms with Crippen molar-refractivity contribution in [3.05, 3.63) is 70.8 Å². The number of halogens is 7. The number of carbonyl (C=O) groups is 1. The highest BCUT2D eigenvalue weighted by molar-refractivity contribution is 5.85. The molecule has 0 aromatic heterocycles. The number of amides is 1. The summed E-state index contributed by atoms with van der Waals surface area (Å²) < 4.78 is 86.5. The van der Waals surface area contributed by atoms with Gasteiger partial charge in [0.15, 0.2) is 0 Å². The van der Waals surface area contributed by atoms with Crippen molar-refractivity contribution in [2.45, 2.75) is 75.5 Å². The first kappa shape index (κ1) is 31.2. The van der Waals surface area contributed by atoms with E-state index in [-0.39, 0.29) is 47.8 Å². The summed E-state index contributed by atoms with van der Waals surface area (Å²) in [6.45, 7) is 2.22. The molecule has 0 spiro atoms. The predicted molar refractivity (Wildman–Crippen MR) is 137 cm³/mol. The Bertz CT molecular complexity index is 1070. The third kappa shape index (κ3) is 7.67. The standard InChI is InChI=1S/C28H32F6N2O2.ClH/c1-17(20-13-21(27(29,30)31)15-22(14-20)28(32,33)34)38-25-11-12-36(16-24(25)18-5-3-2-4-6-18)26(37)19-7-9-23(35)10-8-19;/h2-6,13-15,17,19,23-25H,7-12,16,35H2,1H3;1H/t17-,19?,23?,24+,25+;/m0./s1. The first-order chi connectivity index (χ1) is 17.8. The molecule has 4 nitrogen and oxygen atoms in total. The van der Waals surface area contributed by atoms with Gasteiger partial charge in [0.25, 0.3) is 0 Å². The van der Waals surface area contributed by atoms with Crippen LogP contribution >= 0.6 is 12.4 Å². The van der Waals surface area contributed by atoms with Crippen LogP contribution in [-0.4, -0.2) is 36.0 Å². The number of piperidine rings is 1. The lowest BCUT2D eigenvalue weighted by atomic mass is 9.83. The van der Waals surface area contributed by atoms with Crippen LogP contribution in [0.2, 0.25) is 0 Å². The highest BCUT2D eigenvalue weighted by Gasteiger charge is 2.39. The molecule has 2 aromatic carbocycles. The van der Waals surface area contributed by atoms with Crippen LogP contribution in [0.5, 0.6) is 0 Å². The molecule has 4 rings (SSSR count). The number of rotatable bonds is 5. The molecule has 1 saturated heterocycles. The van der Waals surface area contributed by atoms with Crippen molar-refractivity contribution in [1.29, 1.82) is 0 Å². The van der Waals surface area contributed by atoms with Crippen molar-refractivity contribution in [3.8, 4) is 0 Å². The monoisotopic (exact) mass is 578 g/mol. The Morgan fingerprint density at radius 2 is 1.49 bits per heavy atom. The van der Waals surface area contributed by atoms with Gasteiger partial charge in [-0.25, -0.2) is 0 Å². The first-order valence-corrected chi connectivity index (χ1v) is 12.9. The Hall–Kier alpha value is -2.30. The molecule has 2 aliphatic rings. The van der Waals surface area contributed by atoms with Gasteiger partial charge in [0.05, 0.1) is 23.3 Å². The van der Waals surface area contributed by atoms with Crippen molar-refractivity contribution in [1.82, 2.24) is 4.90 Å². The molecule has 0 unspecified atom stereocenters. The number of hydrogen-bond donors (Lipinski definition) is 1. The molecule has 3 atom stereocenters. The average molecular weight is 579 g/mol. The number of nitrogens with zero attached hydrogens (tertiary/aromatic N) is 1. The SMILES string of the molecule is C[C@H](O[C@@H]1CCN(C(=O)C2CCC(N)CC2)C[C@@H]1c1ccccc1)c1cc(C(F)(F)F)cc(C(F)(F)F)c1.Cl. The van der Waals surface area contributed by atoms with Crippen LogP contribution in [0.4, 0.5) is 26.3 Å². The van der Waals surface area contributed by atoms with E-state index in [1.54, 1.807) is 0 Å². The van der Waals surface area contributed by atoms with Crippen molar-refractivity contribution < 1.29 is 35.9 Å². The fraction of sp³-hybridized carbons (Fsp3) is 0.536. The predicted octanol–water partition coefficient (Wildman–Crippen LogP) is 7.13. The van der Waals surface area contributed by atoms with E-state index in [1.807, 2.05) is 35.2 Å². The zero-order chi connectivity index (χ0) is 27.7. The second kappa shape index (κ2) is 12.5. The summed E-state index contributed by atoms with van der Waals surface area (Å²) in [6.07, 6.45) is -7.92. The summed E-state index contributed by atoms with van der Waals surface area (Å²) in [7, 11) is 0. The second-order valence-electron chi connectivity index (χ2n) is 10.4. The van der Waals surface area contributed by atoms with Gasteiger partial charge in [0.2, 0.25) is 5.91 Å². The van der Waals surface area contributed by atoms with E-state index >= 15 is 0 Å². The maximum Gasteiger partial charge on any atom is 0.416 e. The van der Waals surface area contributed by atoms with Crippen LogP contribution in [0, 0.1) is 5.92 Å². The normalized spacial score (nSPS) is 25.1. The minimum atomic E-state index is -4.93. The van der Waals surface area contributed by atoms with E-state index in [4.69, 9.17) is 10.5 Å². The average Bonchev–Trinajstić information content (AvgIpc) is 2.88. The maximum absolute atomic E-state index is 13.4. The number of alkyl halides is 6. The lowest BCUT2D eigenvalue weighted by Gasteiger charge is -2.41. The Kier molecular flexibility index (Phi) is 9.99. The van der Waals surface area contributed by atoms with E-state index in [0.717, 1.165) is 31.2 Å². The largest absolute Gasteiger partial charge is 0.416 e. The number of likely N-dealkylation sites (tertiary alicyclic amines) is 1. The van der Waals surface area contributed by atoms with Crippen LogP contribution in [0.3, 0.4) is 0 Å². The van der Waals surface area contributed by atoms with Crippen molar-refractivity contribution in [3.63, 3.8) is 0 Å². The van der Waals surface area contributed by atoms with Gasteiger partial charge in [0, 0.05) is 31.0 Å². The molecule has 1 aliphatic heterocycles. The van der Waals surface area contributed by atoms with Gasteiger partial charge in [-0.15, -0.1) is 12.4 Å². The number of benzene rings is 2. The summed E-state index contributed by atoms with van der Waals surface area (Å²) in [5, 5.41) is 0. The highest BCUT2D eigenvalue weighted by atomic mass is 35.5. The van der Waals surface area contributed by atoms with Gasteiger partial charge in [-0.3, -0.25) is 4.79 Å². The Morgan fingerprint density at radius 3 is 2.03 bits per heavy atom. The molecule has 0 radical (unpaired) electrons. The number of ether oxygens (including phenoxy) is 1. The molecule has 1 amide bonds. The van der Waals surface area contributed by atoms with Gasteiger partial charge in [-0.2, -0.15) is 26.3 Å². The van der Waals surface area contributed by atoms with E-state index in [9.17, 15) is 31.1 Å². The van der Waals surface area contributed by atoms with Gasteiger partial charge in [-0.05, 0) is 68.4 Å². The molecule has 11 heteroatoms. The number of nitrogens with two attached hydrogens (primary N) is 1. The highest BCUT2D eigenvalue weighted by Crippen LogP contribution is 2.40. The first-order valence-electron chi connectivity index (χ1n) is 12.9. The zero-order valence-electron chi connectivity index (χ0n) is 21.5. The third-order valence-corrected chi connectivity index (χ3v) is 7.67. The van der Waals surface area contributed by atoms with Crippen LogP contribution in [-0.2, 0) is 21.9 Å². The molecule has 0 bridgehead atoms. The topological polar surface area (TPSA) is 55.6 Å². The molecule has 2 aromatic rings. The van der Waals surface area contributed by atoms with Crippen LogP contribution < -0.4 is 5.73 Å². The lowest BCUT2D eigenvalue weighted by Crippen LogP contribution is -2.48. The summed E-state index contributed by atoms with van der Waals surface area (Å²) in [4.78, 5) is 15.1. The lowest BCUT2D eigenvalue weighted by molar-refractivity contribution is -0.143. The van der Waals surface area contributed by atoms with Gasteiger partial charge in [0.1, 0.15) is 0 Å². The Balaban J connectivity index is 0.00000420. The van der Waals surface area contributed by atoms with Crippen molar-refractivity contribution in [2.24, 2.45) is 11.7 Å². The minimum absolute atomic E-state index is 0. The second-order valence-corrected chi connectivity index (χ2v) is 10.4. The van der Waals surface area contributed by atoms with Crippen LogP contribution in [0.15, 0.2) is 48.5 Å². The molecule has 2 fully saturated rings. The van der Waals surface area contributed by atoms with E-state index in [0.29, 0.717) is 31.6 Å². The Labute approximate surface area is 230 Å². The van der Waals surface area contributed by atoms with E-state index < -0.39 is 35.7 Å². The van der Waals surface area contributed by atoms with Gasteiger partial charge >= 0.3 is 12.4 Å². The molecule has 216 valence electrons. The summed E-state index contributed by atoms with van der Waals surface area (Å²) in [6, 6.07) is 11.0. The molecule has 1 aliphatic carbocycles. The van der Waals surface area contributed by atoms with Crippen LogP contribution in [0.25, 0.3) is 0 Å². The summed E-state index contributed by atoms with van der Waals surface area (Å²) in [5.74, 6) is -0.305. The van der Waals surface area contributed by atoms with E-state index in [1.165, 1.54) is 6.92 Å². The Morgan fingerprint density at radius 1 is 0.923 bits per heavy atom. The summed E-state index contributed by atoms with van der Waals surface area (Å²) in [5.41, 5.74) is 3.94. The molecule has 39 heavy (non-hydrogen) atoms. The fourth-order valence-electron chi connectivity index (χ4n) is 5.49. The van der Waals surface area contributed by atoms with Crippen molar-refractivity contribution >= 4 is 18.3 Å². The fourth-order valence-corrected chi connectivity index (χ4v) is 5.49. The maximum atomic E-state index is 13.4. The molecule has 1 heterocycles. The number of carbonyl (C=O) groups excluding carboxylic acids is 1. The van der Waals surface area contributed by atoms with Gasteiger partial charge < -0.3 is 15.4 Å². The number of hydrogen-bond acceptors (Lipinski definition) is 3. The zero-order valence-corrected chi connectivity index (χ0v) is 22.3. The smallest absolute Gasteiger partial charge is 0.370 e. The van der Waals surface area contributed by atoms with Crippen LogP contribution in [0.1, 0.15) is 73.3 Å². The molecule has 1 saturated carbocycles. The van der Waals surface area contributed by atoms with E-state index in [2.05, 4.69) is 0 Å². The third-order valence-electron chi connectivity index (χ3n) is 7.67. The van der Waals surface area contributed by atoms with Crippen molar-refractivity contribution in [2.75, 3.05) is 13.1 Å². The minimum Gasteiger partial charge on any atom is -0.370 e. The quantitative estimate of drug-likeness (QED) is 0.384. The molecular weight excluding hydrogens is 546 g/mol. The molecule has 2 N–H and O–H groups in total.